The fourth-order valence-corrected chi connectivity index (χ4v) is 9.06. The molecule has 47 heavy (non-hydrogen) atoms. The molecule has 0 unspecified atom stereocenters. The highest BCUT2D eigenvalue weighted by atomic mass is 32.1. The lowest BCUT2D eigenvalue weighted by Gasteiger charge is -2.22. The number of hydrogen-bond donors (Lipinski definition) is 0. The highest BCUT2D eigenvalue weighted by Gasteiger charge is 2.35. The zero-order valence-electron chi connectivity index (χ0n) is 37.4. The lowest BCUT2D eigenvalue weighted by Crippen LogP contribution is -2.14. The van der Waals surface area contributed by atoms with E-state index in [-0.39, 0.29) is 11.1 Å². The van der Waals surface area contributed by atoms with Gasteiger partial charge in [0.05, 0.1) is 25.5 Å². The predicted octanol–water partition coefficient (Wildman–Crippen LogP) is 12.5. The van der Waals surface area contributed by atoms with E-state index < -0.39 is 83.7 Å². The zero-order valence-corrected chi connectivity index (χ0v) is 26.0. The lowest BCUT2D eigenvalue weighted by atomic mass is 9.81. The molecule has 2 nitrogen and oxygen atoms in total. The molecule has 0 saturated heterocycles. The summed E-state index contributed by atoms with van der Waals surface area (Å²) < 4.78 is 118. The average Bonchev–Trinajstić information content (AvgIpc) is 3.90. The van der Waals surface area contributed by atoms with E-state index in [0.29, 0.717) is 16.6 Å². The van der Waals surface area contributed by atoms with Gasteiger partial charge in [-0.3, -0.25) is 0 Å². The Kier molecular flexibility index (Phi) is 3.61. The molecule has 0 atom stereocenters. The van der Waals surface area contributed by atoms with Gasteiger partial charge in [-0.15, -0.1) is 22.7 Å². The summed E-state index contributed by atoms with van der Waals surface area (Å²) >= 11 is 3.20. The first-order chi connectivity index (χ1) is 28.5. The van der Waals surface area contributed by atoms with E-state index in [0.717, 1.165) is 26.1 Å². The number of fused-ring (bicyclic) bond motifs is 9. The average molecular weight is 650 g/mol. The first-order valence-electron chi connectivity index (χ1n) is 21.4. The Labute approximate surface area is 298 Å². The van der Waals surface area contributed by atoms with Crippen LogP contribution >= 0.6 is 22.7 Å². The third kappa shape index (κ3) is 3.95. The number of thiophene rings is 2. The van der Waals surface area contributed by atoms with Crippen LogP contribution in [0.15, 0.2) is 134 Å². The Hall–Kier alpha value is -5.16. The van der Waals surface area contributed by atoms with Crippen LogP contribution in [0.2, 0.25) is 0 Å². The van der Waals surface area contributed by atoms with Crippen LogP contribution in [0.1, 0.15) is 42.7 Å². The van der Waals surface area contributed by atoms with Crippen molar-refractivity contribution in [2.24, 2.45) is 0 Å². The van der Waals surface area contributed by atoms with Crippen molar-refractivity contribution in [3.8, 4) is 44.6 Å². The second kappa shape index (κ2) is 9.92. The molecule has 3 heterocycles. The molecule has 0 amide bonds. The Morgan fingerprint density at radius 2 is 1.40 bits per heavy atom. The van der Waals surface area contributed by atoms with Crippen LogP contribution in [-0.2, 0) is 5.41 Å². The van der Waals surface area contributed by atoms with Gasteiger partial charge in [0.1, 0.15) is 6.33 Å². The quantitative estimate of drug-likeness (QED) is 0.190. The van der Waals surface area contributed by atoms with Gasteiger partial charge >= 0.3 is 0 Å². The van der Waals surface area contributed by atoms with E-state index in [4.69, 9.17) is 18.7 Å². The molecule has 9 aromatic rings. The number of nitrogens with zero attached hydrogens (tertiary/aromatic N) is 2. The molecular weight excluding hydrogens is 609 g/mol. The Morgan fingerprint density at radius 3 is 2.36 bits per heavy atom. The molecule has 10 rings (SSSR count). The molecule has 0 N–H and O–H groups in total. The van der Waals surface area contributed by atoms with Gasteiger partial charge in [0.2, 0.25) is 0 Å². The molecule has 4 heteroatoms. The highest BCUT2D eigenvalue weighted by Crippen LogP contribution is 2.50. The first kappa shape index (κ1) is 17.1. The van der Waals surface area contributed by atoms with Gasteiger partial charge in [0, 0.05) is 49.5 Å². The minimum atomic E-state index is -3.48. The standard InChI is InChI=1S/C43H28N2S2/c1-43(2)35-15-5-3-11-30(35)31-19-17-26(23-36(31)43)25-18-20-38-34(22-25)40-42(47-38)39(44-24-45-40)28-10-7-9-27(21-28)29-13-8-14-33-32-12-4-6-16-37(32)46-41(29)33/h3-24H,1-2H3/i1D3,2D3,3D,5D,11D,15D,17D,19D,23D. The van der Waals surface area contributed by atoms with Gasteiger partial charge < -0.3 is 0 Å². The summed E-state index contributed by atoms with van der Waals surface area (Å²) in [5.74, 6) is 0. The minimum absolute atomic E-state index is 0.210. The fourth-order valence-electron chi connectivity index (χ4n) is 6.67. The Balaban J connectivity index is 1.17. The number of hydrogen-bond acceptors (Lipinski definition) is 4. The molecule has 0 bridgehead atoms. The third-order valence-corrected chi connectivity index (χ3v) is 11.3. The van der Waals surface area contributed by atoms with E-state index in [2.05, 4.69) is 47.4 Å². The molecule has 1 aliphatic rings. The van der Waals surface area contributed by atoms with Crippen molar-refractivity contribution in [3.05, 3.63) is 145 Å². The maximum Gasteiger partial charge on any atom is 0.116 e. The summed E-state index contributed by atoms with van der Waals surface area (Å²) in [4.78, 5) is 9.38. The molecule has 0 spiro atoms. The fraction of sp³-hybridized carbons (Fsp3) is 0.0698. The van der Waals surface area contributed by atoms with Crippen LogP contribution in [0.4, 0.5) is 0 Å². The molecule has 0 aliphatic heterocycles. The molecule has 222 valence electrons. The topological polar surface area (TPSA) is 25.8 Å². The minimum Gasteiger partial charge on any atom is -0.235 e. The molecule has 0 fully saturated rings. The predicted molar refractivity (Wildman–Crippen MR) is 202 cm³/mol. The van der Waals surface area contributed by atoms with Gasteiger partial charge in [-0.05, 0) is 74.8 Å². The largest absolute Gasteiger partial charge is 0.235 e. The van der Waals surface area contributed by atoms with Crippen LogP contribution in [0.25, 0.3) is 85.1 Å². The van der Waals surface area contributed by atoms with Gasteiger partial charge in [-0.1, -0.05) is 111 Å². The second-order valence-electron chi connectivity index (χ2n) is 11.6. The van der Waals surface area contributed by atoms with E-state index in [1.807, 2.05) is 24.3 Å². The van der Waals surface area contributed by atoms with Crippen LogP contribution in [0, 0.1) is 0 Å². The summed E-state index contributed by atoms with van der Waals surface area (Å²) in [5.41, 5.74) is -1.16. The van der Waals surface area contributed by atoms with Crippen molar-refractivity contribution in [1.82, 2.24) is 9.97 Å². The molecule has 3 aromatic heterocycles. The summed E-state index contributed by atoms with van der Waals surface area (Å²) in [7, 11) is 0. The van der Waals surface area contributed by atoms with E-state index in [9.17, 15) is 4.11 Å². The summed E-state index contributed by atoms with van der Waals surface area (Å²) in [6.07, 6.45) is 1.47. The van der Waals surface area contributed by atoms with E-state index >= 15 is 0 Å². The lowest BCUT2D eigenvalue weighted by molar-refractivity contribution is 0.660. The number of benzene rings is 6. The van der Waals surface area contributed by atoms with Crippen LogP contribution in [-0.4, -0.2) is 9.97 Å². The highest BCUT2D eigenvalue weighted by molar-refractivity contribution is 7.26. The van der Waals surface area contributed by atoms with Crippen LogP contribution < -0.4 is 0 Å². The van der Waals surface area contributed by atoms with E-state index in [1.165, 1.54) is 37.8 Å². The third-order valence-electron chi connectivity index (χ3n) is 8.89. The summed E-state index contributed by atoms with van der Waals surface area (Å²) in [6.45, 7) is -6.97. The van der Waals surface area contributed by atoms with Crippen molar-refractivity contribution < 1.29 is 17.8 Å². The zero-order chi connectivity index (χ0) is 42.4. The van der Waals surface area contributed by atoms with Crippen molar-refractivity contribution in [3.63, 3.8) is 0 Å². The van der Waals surface area contributed by atoms with Crippen molar-refractivity contribution in [2.75, 3.05) is 0 Å². The maximum absolute atomic E-state index is 9.55. The van der Waals surface area contributed by atoms with Crippen molar-refractivity contribution >= 4 is 63.1 Å². The van der Waals surface area contributed by atoms with Crippen LogP contribution in [0.3, 0.4) is 0 Å². The van der Waals surface area contributed by atoms with Gasteiger partial charge in [-0.25, -0.2) is 9.97 Å². The summed E-state index contributed by atoms with van der Waals surface area (Å²) in [5, 5.41) is 3.03. The smallest absolute Gasteiger partial charge is 0.116 e. The molecule has 6 aromatic carbocycles. The molecule has 1 aliphatic carbocycles. The van der Waals surface area contributed by atoms with Gasteiger partial charge in [-0.2, -0.15) is 0 Å². The SMILES string of the molecule is [2H]c1c([2H])c([2H])c2c(c1[2H])-c1c([2H])c([2H])c(-c3ccc4sc5c(-c6cccc(-c7cccc8c7sc7ccccc78)c6)ncnc5c4c3)c([2H])c1C2(C([2H])([2H])[2H])C([2H])([2H])[2H]. The number of rotatable bonds is 3. The van der Waals surface area contributed by atoms with Crippen molar-refractivity contribution in [2.45, 2.75) is 19.1 Å². The normalized spacial score (nSPS) is 18.0. The van der Waals surface area contributed by atoms with Crippen LogP contribution in [0.5, 0.6) is 0 Å². The number of aromatic nitrogens is 2. The molecule has 0 radical (unpaired) electrons. The van der Waals surface area contributed by atoms with Crippen molar-refractivity contribution in [1.29, 1.82) is 0 Å². The molecule has 0 saturated carbocycles. The van der Waals surface area contributed by atoms with Gasteiger partial charge in [0.25, 0.3) is 0 Å². The Bertz CT molecular complexity index is 3330. The van der Waals surface area contributed by atoms with E-state index in [1.54, 1.807) is 29.5 Å². The maximum atomic E-state index is 9.55. The second-order valence-corrected chi connectivity index (χ2v) is 13.7. The molecular formula is C43H28N2S2. The first-order valence-corrected chi connectivity index (χ1v) is 16.5. The monoisotopic (exact) mass is 649 g/mol. The summed E-state index contributed by atoms with van der Waals surface area (Å²) in [6, 6.07) is 22.9. The Morgan fingerprint density at radius 1 is 0.596 bits per heavy atom. The van der Waals surface area contributed by atoms with Gasteiger partial charge in [0.15, 0.2) is 0 Å².